The zero-order valence-electron chi connectivity index (χ0n) is 7.35. The summed E-state index contributed by atoms with van der Waals surface area (Å²) in [4.78, 5) is 12.7. The van der Waals surface area contributed by atoms with Gasteiger partial charge in [-0.15, -0.1) is 10.2 Å². The normalized spacial score (nSPS) is 20.4. The predicted octanol–water partition coefficient (Wildman–Crippen LogP) is 0.194. The van der Waals surface area contributed by atoms with Gasteiger partial charge in [-0.3, -0.25) is 4.79 Å². The quantitative estimate of drug-likeness (QED) is 0.760. The maximum absolute atomic E-state index is 10.9. The molecule has 2 N–H and O–H groups in total. The summed E-state index contributed by atoms with van der Waals surface area (Å²) < 4.78 is 0. The van der Waals surface area contributed by atoms with Crippen molar-refractivity contribution >= 4 is 23.3 Å². The average molecular weight is 213 g/mol. The third-order valence-corrected chi connectivity index (χ3v) is 2.46. The van der Waals surface area contributed by atoms with Gasteiger partial charge in [-0.25, -0.2) is 0 Å². The van der Waals surface area contributed by atoms with Gasteiger partial charge in [0.15, 0.2) is 11.0 Å². The molecule has 2 heterocycles. The molecule has 1 saturated heterocycles. The Bertz CT molecular complexity index is 353. The Morgan fingerprint density at radius 1 is 1.57 bits per heavy atom. The third-order valence-electron chi connectivity index (χ3n) is 2.26. The fourth-order valence-corrected chi connectivity index (χ4v) is 1.52. The fraction of sp³-hybridized carbons (Fsp3) is 0.375. The molecule has 1 aliphatic rings. The highest BCUT2D eigenvalue weighted by atomic mass is 35.5. The first-order chi connectivity index (χ1) is 6.68. The monoisotopic (exact) mass is 212 g/mol. The molecule has 0 saturated carbocycles. The molecule has 1 atom stereocenters. The minimum atomic E-state index is -0.326. The van der Waals surface area contributed by atoms with Crippen LogP contribution in [0.15, 0.2) is 12.1 Å². The number of primary amides is 1. The molecular formula is C8H9ClN4O. The van der Waals surface area contributed by atoms with Crippen LogP contribution in [0.4, 0.5) is 5.82 Å². The smallest absolute Gasteiger partial charge is 0.240 e. The van der Waals surface area contributed by atoms with E-state index in [4.69, 9.17) is 17.3 Å². The summed E-state index contributed by atoms with van der Waals surface area (Å²) in [5, 5.41) is 7.90. The van der Waals surface area contributed by atoms with Crippen molar-refractivity contribution in [3.05, 3.63) is 17.3 Å². The number of carbonyl (C=O) groups excluding carboxylic acids is 1. The molecule has 0 bridgehead atoms. The van der Waals surface area contributed by atoms with Gasteiger partial charge in [-0.05, 0) is 18.6 Å². The number of rotatable bonds is 2. The first kappa shape index (κ1) is 9.21. The second kappa shape index (κ2) is 3.42. The van der Waals surface area contributed by atoms with Gasteiger partial charge in [0.05, 0.1) is 0 Å². The van der Waals surface area contributed by atoms with E-state index in [1.54, 1.807) is 12.1 Å². The highest BCUT2D eigenvalue weighted by Gasteiger charge is 2.33. The molecule has 2 rings (SSSR count). The number of amides is 1. The van der Waals surface area contributed by atoms with Crippen molar-refractivity contribution in [2.75, 3.05) is 11.4 Å². The van der Waals surface area contributed by atoms with Gasteiger partial charge in [0.1, 0.15) is 6.04 Å². The molecule has 0 aliphatic carbocycles. The number of halogens is 1. The first-order valence-corrected chi connectivity index (χ1v) is 4.61. The third kappa shape index (κ3) is 1.50. The molecule has 0 aromatic carbocycles. The van der Waals surface area contributed by atoms with Gasteiger partial charge in [0.2, 0.25) is 5.91 Å². The molecule has 1 fully saturated rings. The lowest BCUT2D eigenvalue weighted by molar-refractivity contribution is -0.120. The van der Waals surface area contributed by atoms with E-state index in [0.717, 1.165) is 13.0 Å². The van der Waals surface area contributed by atoms with Crippen LogP contribution in [0.1, 0.15) is 6.42 Å². The predicted molar refractivity (Wildman–Crippen MR) is 52.0 cm³/mol. The van der Waals surface area contributed by atoms with Gasteiger partial charge in [-0.1, -0.05) is 11.6 Å². The number of hydrogen-bond donors (Lipinski definition) is 1. The first-order valence-electron chi connectivity index (χ1n) is 4.23. The molecule has 5 nitrogen and oxygen atoms in total. The van der Waals surface area contributed by atoms with Crippen molar-refractivity contribution < 1.29 is 4.79 Å². The Labute approximate surface area is 85.9 Å². The van der Waals surface area contributed by atoms with Crippen LogP contribution >= 0.6 is 11.6 Å². The minimum absolute atomic E-state index is 0.245. The van der Waals surface area contributed by atoms with E-state index >= 15 is 0 Å². The molecular weight excluding hydrogens is 204 g/mol. The highest BCUT2D eigenvalue weighted by molar-refractivity contribution is 6.29. The molecule has 0 spiro atoms. The Morgan fingerprint density at radius 2 is 2.36 bits per heavy atom. The zero-order valence-corrected chi connectivity index (χ0v) is 8.11. The van der Waals surface area contributed by atoms with Crippen LogP contribution in [0.3, 0.4) is 0 Å². The number of anilines is 1. The van der Waals surface area contributed by atoms with Crippen molar-refractivity contribution in [3.8, 4) is 0 Å². The van der Waals surface area contributed by atoms with E-state index in [2.05, 4.69) is 10.2 Å². The van der Waals surface area contributed by atoms with E-state index in [0.29, 0.717) is 11.0 Å². The van der Waals surface area contributed by atoms with Crippen molar-refractivity contribution in [1.82, 2.24) is 10.2 Å². The SMILES string of the molecule is NC(=O)C1CCN1c1ccc(Cl)nn1. The topological polar surface area (TPSA) is 72.1 Å². The molecule has 1 aromatic heterocycles. The lowest BCUT2D eigenvalue weighted by Gasteiger charge is -2.39. The molecule has 1 aliphatic heterocycles. The van der Waals surface area contributed by atoms with Gasteiger partial charge < -0.3 is 10.6 Å². The summed E-state index contributed by atoms with van der Waals surface area (Å²) in [7, 11) is 0. The van der Waals surface area contributed by atoms with Gasteiger partial charge >= 0.3 is 0 Å². The zero-order chi connectivity index (χ0) is 10.1. The second-order valence-corrected chi connectivity index (χ2v) is 3.50. The summed E-state index contributed by atoms with van der Waals surface area (Å²) in [6.07, 6.45) is 0.777. The van der Waals surface area contributed by atoms with Gasteiger partial charge in [-0.2, -0.15) is 0 Å². The Morgan fingerprint density at radius 3 is 2.79 bits per heavy atom. The molecule has 1 amide bonds. The number of nitrogens with zero attached hydrogens (tertiary/aromatic N) is 3. The van der Waals surface area contributed by atoms with E-state index < -0.39 is 0 Å². The van der Waals surface area contributed by atoms with Gasteiger partial charge in [0, 0.05) is 6.54 Å². The van der Waals surface area contributed by atoms with Crippen LogP contribution in [-0.2, 0) is 4.79 Å². The standard InChI is InChI=1S/C8H9ClN4O/c9-6-1-2-7(12-11-6)13-4-3-5(13)8(10)14/h1-2,5H,3-4H2,(H2,10,14). The number of carbonyl (C=O) groups is 1. The van der Waals surface area contributed by atoms with Gasteiger partial charge in [0.25, 0.3) is 0 Å². The van der Waals surface area contributed by atoms with Crippen molar-refractivity contribution in [2.24, 2.45) is 5.73 Å². The largest absolute Gasteiger partial charge is 0.368 e. The number of hydrogen-bond acceptors (Lipinski definition) is 4. The van der Waals surface area contributed by atoms with Crippen LogP contribution in [0.5, 0.6) is 0 Å². The molecule has 1 aromatic rings. The molecule has 1 unspecified atom stereocenters. The Kier molecular flexibility index (Phi) is 2.25. The van der Waals surface area contributed by atoms with Crippen molar-refractivity contribution in [1.29, 1.82) is 0 Å². The second-order valence-electron chi connectivity index (χ2n) is 3.11. The van der Waals surface area contributed by atoms with Crippen LogP contribution in [0.2, 0.25) is 5.15 Å². The van der Waals surface area contributed by atoms with Crippen LogP contribution < -0.4 is 10.6 Å². The van der Waals surface area contributed by atoms with E-state index in [1.165, 1.54) is 0 Å². The van der Waals surface area contributed by atoms with E-state index in [9.17, 15) is 4.79 Å². The summed E-state index contributed by atoms with van der Waals surface area (Å²) in [5.41, 5.74) is 5.20. The minimum Gasteiger partial charge on any atom is -0.368 e. The lowest BCUT2D eigenvalue weighted by Crippen LogP contribution is -2.55. The summed E-state index contributed by atoms with van der Waals surface area (Å²) >= 11 is 5.59. The summed E-state index contributed by atoms with van der Waals surface area (Å²) in [5.74, 6) is 0.317. The summed E-state index contributed by atoms with van der Waals surface area (Å²) in [6, 6.07) is 3.12. The fourth-order valence-electron chi connectivity index (χ4n) is 1.42. The molecule has 14 heavy (non-hydrogen) atoms. The summed E-state index contributed by atoms with van der Waals surface area (Å²) in [6.45, 7) is 0.782. The van der Waals surface area contributed by atoms with E-state index in [1.807, 2.05) is 4.90 Å². The molecule has 74 valence electrons. The Hall–Kier alpha value is -1.36. The van der Waals surface area contributed by atoms with Crippen LogP contribution in [0.25, 0.3) is 0 Å². The van der Waals surface area contributed by atoms with E-state index in [-0.39, 0.29) is 11.9 Å². The van der Waals surface area contributed by atoms with Crippen molar-refractivity contribution in [2.45, 2.75) is 12.5 Å². The lowest BCUT2D eigenvalue weighted by atomic mass is 10.0. The maximum Gasteiger partial charge on any atom is 0.240 e. The maximum atomic E-state index is 10.9. The van der Waals surface area contributed by atoms with Crippen molar-refractivity contribution in [3.63, 3.8) is 0 Å². The number of aromatic nitrogens is 2. The number of nitrogens with two attached hydrogens (primary N) is 1. The molecule has 0 radical (unpaired) electrons. The average Bonchev–Trinajstić information content (AvgIpc) is 2.05. The van der Waals surface area contributed by atoms with Crippen LogP contribution in [0, 0.1) is 0 Å². The Balaban J connectivity index is 2.16. The molecule has 6 heteroatoms. The highest BCUT2D eigenvalue weighted by Crippen LogP contribution is 2.24. The van der Waals surface area contributed by atoms with Crippen LogP contribution in [-0.4, -0.2) is 28.7 Å².